The van der Waals surface area contributed by atoms with Gasteiger partial charge >= 0.3 is 0 Å². The molecule has 0 saturated carbocycles. The van der Waals surface area contributed by atoms with E-state index in [0.717, 1.165) is 6.42 Å². The van der Waals surface area contributed by atoms with Crippen molar-refractivity contribution in [1.82, 2.24) is 0 Å². The summed E-state index contributed by atoms with van der Waals surface area (Å²) < 4.78 is 0. The van der Waals surface area contributed by atoms with E-state index in [2.05, 4.69) is 39.5 Å². The molecule has 1 heteroatoms. The van der Waals surface area contributed by atoms with Gasteiger partial charge in [-0.25, -0.2) is 0 Å². The second-order valence-electron chi connectivity index (χ2n) is 4.36. The average molecular weight is 225 g/mol. The first-order valence-electron chi connectivity index (χ1n) is 5.06. The van der Waals surface area contributed by atoms with Crippen molar-refractivity contribution in [2.24, 2.45) is 5.41 Å². The molecule has 0 fully saturated rings. The molecule has 0 aliphatic carbocycles. The van der Waals surface area contributed by atoms with Gasteiger partial charge in [0.2, 0.25) is 0 Å². The van der Waals surface area contributed by atoms with Crippen molar-refractivity contribution in [3.8, 4) is 11.8 Å². The molecule has 0 spiro atoms. The van der Waals surface area contributed by atoms with Gasteiger partial charge in [0, 0.05) is 28.6 Å². The summed E-state index contributed by atoms with van der Waals surface area (Å²) in [5.41, 5.74) is 0.185. The van der Waals surface area contributed by atoms with E-state index in [9.17, 15) is 0 Å². The summed E-state index contributed by atoms with van der Waals surface area (Å²) in [7, 11) is 0. The van der Waals surface area contributed by atoms with E-state index in [1.165, 1.54) is 25.7 Å². The fraction of sp³-hybridized carbons (Fsp3) is 0.833. The first-order chi connectivity index (χ1) is 5.56. The molecule has 0 aliphatic rings. The largest absolute Gasteiger partial charge is 0.103 e. The zero-order valence-electron chi connectivity index (χ0n) is 9.37. The van der Waals surface area contributed by atoms with Crippen molar-refractivity contribution >= 4 is 0 Å². The fourth-order valence-electron chi connectivity index (χ4n) is 0.968. The third-order valence-electron chi connectivity index (χ3n) is 1.62. The van der Waals surface area contributed by atoms with E-state index in [-0.39, 0.29) is 22.2 Å². The maximum absolute atomic E-state index is 3.25. The molecular formula is C12H22Co. The maximum atomic E-state index is 3.25. The standard InChI is InChI=1S/C12H22.Co/c1-5-6-7-8-9-10-11-12(2,3)4;/h5-9H2,1-4H3;. The van der Waals surface area contributed by atoms with Crippen LogP contribution in [0, 0.1) is 17.3 Å². The minimum absolute atomic E-state index is 0. The maximum Gasteiger partial charge on any atom is 0.0230 e. The molecule has 79 valence electrons. The Labute approximate surface area is 94.1 Å². The Kier molecular flexibility index (Phi) is 10.3. The van der Waals surface area contributed by atoms with E-state index in [1.807, 2.05) is 0 Å². The van der Waals surface area contributed by atoms with Gasteiger partial charge in [-0.2, -0.15) is 0 Å². The van der Waals surface area contributed by atoms with Gasteiger partial charge in [-0.15, -0.1) is 5.92 Å². The van der Waals surface area contributed by atoms with E-state index >= 15 is 0 Å². The monoisotopic (exact) mass is 225 g/mol. The third kappa shape index (κ3) is 14.9. The van der Waals surface area contributed by atoms with E-state index in [0.29, 0.717) is 0 Å². The minimum Gasteiger partial charge on any atom is -0.103 e. The molecule has 0 aromatic rings. The minimum atomic E-state index is 0. The van der Waals surface area contributed by atoms with Crippen LogP contribution in [-0.2, 0) is 16.8 Å². The number of unbranched alkanes of at least 4 members (excludes halogenated alkanes) is 4. The van der Waals surface area contributed by atoms with Crippen molar-refractivity contribution in [1.29, 1.82) is 0 Å². The van der Waals surface area contributed by atoms with Crippen LogP contribution in [0.1, 0.15) is 59.8 Å². The molecule has 0 amide bonds. The van der Waals surface area contributed by atoms with Crippen LogP contribution < -0.4 is 0 Å². The molecule has 0 N–H and O–H groups in total. The quantitative estimate of drug-likeness (QED) is 0.501. The summed E-state index contributed by atoms with van der Waals surface area (Å²) in [6.45, 7) is 8.71. The van der Waals surface area contributed by atoms with Crippen LogP contribution in [0.15, 0.2) is 0 Å². The van der Waals surface area contributed by atoms with Crippen molar-refractivity contribution in [3.05, 3.63) is 0 Å². The topological polar surface area (TPSA) is 0 Å². The van der Waals surface area contributed by atoms with Gasteiger partial charge in [-0.1, -0.05) is 32.1 Å². The Morgan fingerprint density at radius 1 is 1.00 bits per heavy atom. The van der Waals surface area contributed by atoms with Crippen LogP contribution in [0.5, 0.6) is 0 Å². The molecule has 0 unspecified atom stereocenters. The van der Waals surface area contributed by atoms with E-state index in [4.69, 9.17) is 0 Å². The Balaban J connectivity index is 0. The summed E-state index contributed by atoms with van der Waals surface area (Å²) in [6.07, 6.45) is 6.37. The SMILES string of the molecule is CCCCCCC#CC(C)(C)C.[Co]. The first kappa shape index (κ1) is 15.5. The van der Waals surface area contributed by atoms with Gasteiger partial charge in [0.25, 0.3) is 0 Å². The van der Waals surface area contributed by atoms with Crippen LogP contribution >= 0.6 is 0 Å². The van der Waals surface area contributed by atoms with E-state index in [1.54, 1.807) is 0 Å². The van der Waals surface area contributed by atoms with Crippen LogP contribution in [0.2, 0.25) is 0 Å². The van der Waals surface area contributed by atoms with Crippen LogP contribution in [0.4, 0.5) is 0 Å². The second-order valence-corrected chi connectivity index (χ2v) is 4.36. The van der Waals surface area contributed by atoms with Crippen LogP contribution in [0.3, 0.4) is 0 Å². The van der Waals surface area contributed by atoms with Gasteiger partial charge in [-0.3, -0.25) is 0 Å². The molecular weight excluding hydrogens is 203 g/mol. The Bertz CT molecular complexity index is 154. The molecule has 0 nitrogen and oxygen atoms in total. The smallest absolute Gasteiger partial charge is 0.0230 e. The molecule has 0 aliphatic heterocycles. The summed E-state index contributed by atoms with van der Waals surface area (Å²) in [4.78, 5) is 0. The fourth-order valence-corrected chi connectivity index (χ4v) is 0.968. The summed E-state index contributed by atoms with van der Waals surface area (Å²) in [5.74, 6) is 6.48. The van der Waals surface area contributed by atoms with Crippen molar-refractivity contribution in [2.45, 2.75) is 59.8 Å². The Hall–Kier alpha value is 0.0665. The van der Waals surface area contributed by atoms with Crippen LogP contribution in [-0.4, -0.2) is 0 Å². The zero-order valence-corrected chi connectivity index (χ0v) is 10.4. The number of rotatable bonds is 4. The Morgan fingerprint density at radius 2 is 1.62 bits per heavy atom. The predicted molar refractivity (Wildman–Crippen MR) is 56.0 cm³/mol. The van der Waals surface area contributed by atoms with Gasteiger partial charge in [0.1, 0.15) is 0 Å². The number of hydrogen-bond acceptors (Lipinski definition) is 0. The number of hydrogen-bond donors (Lipinski definition) is 0. The molecule has 0 aromatic carbocycles. The predicted octanol–water partition coefficient (Wildman–Crippen LogP) is 4.00. The van der Waals surface area contributed by atoms with Gasteiger partial charge in [0.05, 0.1) is 0 Å². The molecule has 0 heterocycles. The summed E-state index contributed by atoms with van der Waals surface area (Å²) in [6, 6.07) is 0. The molecule has 0 rings (SSSR count). The zero-order chi connectivity index (χ0) is 9.45. The van der Waals surface area contributed by atoms with Gasteiger partial charge < -0.3 is 0 Å². The van der Waals surface area contributed by atoms with Gasteiger partial charge in [-0.05, 0) is 27.2 Å². The third-order valence-corrected chi connectivity index (χ3v) is 1.62. The normalized spacial score (nSPS) is 9.85. The molecule has 0 bridgehead atoms. The second kappa shape index (κ2) is 8.66. The van der Waals surface area contributed by atoms with Crippen molar-refractivity contribution in [3.63, 3.8) is 0 Å². The molecule has 0 saturated heterocycles. The summed E-state index contributed by atoms with van der Waals surface area (Å²) >= 11 is 0. The van der Waals surface area contributed by atoms with Gasteiger partial charge in [0.15, 0.2) is 0 Å². The molecule has 0 aromatic heterocycles. The van der Waals surface area contributed by atoms with Crippen molar-refractivity contribution < 1.29 is 16.8 Å². The summed E-state index contributed by atoms with van der Waals surface area (Å²) in [5, 5.41) is 0. The van der Waals surface area contributed by atoms with Crippen molar-refractivity contribution in [2.75, 3.05) is 0 Å². The molecule has 13 heavy (non-hydrogen) atoms. The Morgan fingerprint density at radius 3 is 2.08 bits per heavy atom. The molecule has 1 radical (unpaired) electrons. The van der Waals surface area contributed by atoms with E-state index < -0.39 is 0 Å². The average Bonchev–Trinajstić information content (AvgIpc) is 1.94. The van der Waals surface area contributed by atoms with Crippen LogP contribution in [0.25, 0.3) is 0 Å². The molecule has 0 atom stereocenters. The first-order valence-corrected chi connectivity index (χ1v) is 5.06.